The third-order valence-corrected chi connectivity index (χ3v) is 4.54. The number of hydrogen-bond acceptors (Lipinski definition) is 5. The molecule has 1 saturated heterocycles. The van der Waals surface area contributed by atoms with E-state index < -0.39 is 0 Å². The number of anilines is 1. The van der Waals surface area contributed by atoms with E-state index in [1.165, 1.54) is 5.13 Å². The summed E-state index contributed by atoms with van der Waals surface area (Å²) in [6.45, 7) is 9.39. The van der Waals surface area contributed by atoms with Crippen molar-refractivity contribution in [3.05, 3.63) is 11.1 Å². The lowest BCUT2D eigenvalue weighted by Gasteiger charge is -2.13. The zero-order chi connectivity index (χ0) is 13.0. The highest BCUT2D eigenvalue weighted by Gasteiger charge is 2.27. The molecule has 18 heavy (non-hydrogen) atoms. The Balaban J connectivity index is 1.83. The molecule has 1 aliphatic rings. The van der Waals surface area contributed by atoms with Gasteiger partial charge in [-0.15, -0.1) is 11.3 Å². The lowest BCUT2D eigenvalue weighted by molar-refractivity contribution is 0.199. The van der Waals surface area contributed by atoms with Crippen molar-refractivity contribution in [3.63, 3.8) is 0 Å². The minimum absolute atomic E-state index is 0.748. The van der Waals surface area contributed by atoms with Gasteiger partial charge in [0.1, 0.15) is 0 Å². The predicted molar refractivity (Wildman–Crippen MR) is 76.2 cm³/mol. The van der Waals surface area contributed by atoms with Crippen molar-refractivity contribution in [1.82, 2.24) is 10.3 Å². The third kappa shape index (κ3) is 3.43. The van der Waals surface area contributed by atoms with Crippen LogP contribution in [0.1, 0.15) is 19.5 Å². The molecule has 0 aliphatic carbocycles. The summed E-state index contributed by atoms with van der Waals surface area (Å²) in [5.74, 6) is 1.55. The first-order chi connectivity index (χ1) is 8.70. The fourth-order valence-electron chi connectivity index (χ4n) is 2.20. The molecule has 0 bridgehead atoms. The fourth-order valence-corrected chi connectivity index (χ4v) is 3.04. The molecule has 2 rings (SSSR count). The molecule has 5 heteroatoms. The first kappa shape index (κ1) is 13.8. The quantitative estimate of drug-likeness (QED) is 0.801. The molecule has 0 aromatic carbocycles. The number of methoxy groups -OCH3 is 1. The highest BCUT2D eigenvalue weighted by molar-refractivity contribution is 7.13. The maximum Gasteiger partial charge on any atom is 0.185 e. The van der Waals surface area contributed by atoms with Crippen LogP contribution in [0.25, 0.3) is 0 Å². The van der Waals surface area contributed by atoms with Crippen LogP contribution in [-0.2, 0) is 11.3 Å². The summed E-state index contributed by atoms with van der Waals surface area (Å²) in [6.07, 6.45) is 0. The molecular formula is C13H23N3OS. The van der Waals surface area contributed by atoms with E-state index in [2.05, 4.69) is 29.4 Å². The zero-order valence-corrected chi connectivity index (χ0v) is 12.3. The highest BCUT2D eigenvalue weighted by atomic mass is 32.1. The Morgan fingerprint density at radius 3 is 2.83 bits per heavy atom. The van der Waals surface area contributed by atoms with E-state index in [0.29, 0.717) is 0 Å². The number of thiazole rings is 1. The summed E-state index contributed by atoms with van der Waals surface area (Å²) < 4.78 is 5.00. The van der Waals surface area contributed by atoms with Gasteiger partial charge in [-0.25, -0.2) is 4.98 Å². The van der Waals surface area contributed by atoms with Crippen molar-refractivity contribution in [3.8, 4) is 0 Å². The minimum atomic E-state index is 0.748. The van der Waals surface area contributed by atoms with Gasteiger partial charge in [-0.05, 0) is 11.8 Å². The van der Waals surface area contributed by atoms with E-state index in [9.17, 15) is 0 Å². The second-order valence-electron chi connectivity index (χ2n) is 5.15. The van der Waals surface area contributed by atoms with Gasteiger partial charge in [0, 0.05) is 38.7 Å². The molecule has 4 nitrogen and oxygen atoms in total. The Kier molecular flexibility index (Phi) is 4.97. The molecule has 1 fully saturated rings. The Morgan fingerprint density at radius 2 is 2.17 bits per heavy atom. The van der Waals surface area contributed by atoms with Crippen molar-refractivity contribution in [2.45, 2.75) is 20.4 Å². The van der Waals surface area contributed by atoms with Gasteiger partial charge < -0.3 is 15.0 Å². The van der Waals surface area contributed by atoms with Gasteiger partial charge >= 0.3 is 0 Å². The fraction of sp³-hybridized carbons (Fsp3) is 0.769. The number of hydrogen-bond donors (Lipinski definition) is 1. The van der Waals surface area contributed by atoms with Gasteiger partial charge in [-0.1, -0.05) is 13.8 Å². The predicted octanol–water partition coefficient (Wildman–Crippen LogP) is 1.97. The maximum atomic E-state index is 5.00. The van der Waals surface area contributed by atoms with Gasteiger partial charge in [0.25, 0.3) is 0 Å². The van der Waals surface area contributed by atoms with Crippen LogP contribution >= 0.6 is 11.3 Å². The average molecular weight is 269 g/mol. The standard InChI is InChI=1S/C13H23N3OS/c1-10-7-16(8-11(10)2)13-15-12(9-18-13)6-14-4-5-17-3/h9-11,14H,4-8H2,1-3H3. The Hall–Kier alpha value is -0.650. The topological polar surface area (TPSA) is 37.4 Å². The normalized spacial score (nSPS) is 23.8. The van der Waals surface area contributed by atoms with E-state index in [1.807, 2.05) is 0 Å². The molecule has 1 aromatic heterocycles. The molecule has 0 radical (unpaired) electrons. The summed E-state index contributed by atoms with van der Waals surface area (Å²) >= 11 is 1.76. The number of nitrogens with one attached hydrogen (secondary N) is 1. The van der Waals surface area contributed by atoms with Crippen LogP contribution < -0.4 is 10.2 Å². The van der Waals surface area contributed by atoms with E-state index in [-0.39, 0.29) is 0 Å². The average Bonchev–Trinajstić information content (AvgIpc) is 2.93. The zero-order valence-electron chi connectivity index (χ0n) is 11.5. The first-order valence-electron chi connectivity index (χ1n) is 6.59. The van der Waals surface area contributed by atoms with Gasteiger partial charge in [-0.3, -0.25) is 0 Å². The molecule has 0 saturated carbocycles. The van der Waals surface area contributed by atoms with Gasteiger partial charge in [0.05, 0.1) is 12.3 Å². The van der Waals surface area contributed by atoms with E-state index in [0.717, 1.165) is 50.3 Å². The van der Waals surface area contributed by atoms with Crippen molar-refractivity contribution in [1.29, 1.82) is 0 Å². The van der Waals surface area contributed by atoms with Crippen LogP contribution in [-0.4, -0.2) is 38.3 Å². The van der Waals surface area contributed by atoms with Crippen molar-refractivity contribution < 1.29 is 4.74 Å². The van der Waals surface area contributed by atoms with Crippen molar-refractivity contribution >= 4 is 16.5 Å². The molecule has 0 amide bonds. The lowest BCUT2D eigenvalue weighted by Crippen LogP contribution is -2.20. The van der Waals surface area contributed by atoms with Crippen LogP contribution in [0.3, 0.4) is 0 Å². The monoisotopic (exact) mass is 269 g/mol. The summed E-state index contributed by atoms with van der Waals surface area (Å²) in [6, 6.07) is 0. The largest absolute Gasteiger partial charge is 0.383 e. The highest BCUT2D eigenvalue weighted by Crippen LogP contribution is 2.29. The van der Waals surface area contributed by atoms with E-state index in [4.69, 9.17) is 9.72 Å². The Morgan fingerprint density at radius 1 is 1.44 bits per heavy atom. The molecule has 1 N–H and O–H groups in total. The molecule has 1 aromatic rings. The van der Waals surface area contributed by atoms with Crippen molar-refractivity contribution in [2.75, 3.05) is 38.3 Å². The molecule has 1 aliphatic heterocycles. The molecule has 2 heterocycles. The van der Waals surface area contributed by atoms with Crippen LogP contribution in [0.4, 0.5) is 5.13 Å². The lowest BCUT2D eigenvalue weighted by atomic mass is 10.0. The number of nitrogens with zero attached hydrogens (tertiary/aromatic N) is 2. The van der Waals surface area contributed by atoms with Crippen molar-refractivity contribution in [2.24, 2.45) is 11.8 Å². The second kappa shape index (κ2) is 6.50. The summed E-state index contributed by atoms with van der Waals surface area (Å²) in [7, 11) is 1.72. The smallest absolute Gasteiger partial charge is 0.185 e. The van der Waals surface area contributed by atoms with Gasteiger partial charge in [-0.2, -0.15) is 0 Å². The van der Waals surface area contributed by atoms with Crippen LogP contribution in [0.5, 0.6) is 0 Å². The van der Waals surface area contributed by atoms with Crippen LogP contribution in [0, 0.1) is 11.8 Å². The summed E-state index contributed by atoms with van der Waals surface area (Å²) in [5.41, 5.74) is 1.14. The second-order valence-corrected chi connectivity index (χ2v) is 5.99. The van der Waals surface area contributed by atoms with Crippen LogP contribution in [0.2, 0.25) is 0 Å². The first-order valence-corrected chi connectivity index (χ1v) is 7.47. The number of ether oxygens (including phenoxy) is 1. The molecule has 2 unspecified atom stereocenters. The van der Waals surface area contributed by atoms with Gasteiger partial charge in [0.15, 0.2) is 5.13 Å². The minimum Gasteiger partial charge on any atom is -0.383 e. The maximum absolute atomic E-state index is 5.00. The Labute approximate surface area is 113 Å². The third-order valence-electron chi connectivity index (χ3n) is 3.59. The summed E-state index contributed by atoms with van der Waals surface area (Å²) in [4.78, 5) is 7.12. The summed E-state index contributed by atoms with van der Waals surface area (Å²) in [5, 5.41) is 6.66. The molecule has 102 valence electrons. The number of aromatic nitrogens is 1. The molecule has 0 spiro atoms. The van der Waals surface area contributed by atoms with E-state index >= 15 is 0 Å². The molecule has 2 atom stereocenters. The van der Waals surface area contributed by atoms with Crippen LogP contribution in [0.15, 0.2) is 5.38 Å². The molecular weight excluding hydrogens is 246 g/mol. The van der Waals surface area contributed by atoms with Gasteiger partial charge in [0.2, 0.25) is 0 Å². The van der Waals surface area contributed by atoms with E-state index in [1.54, 1.807) is 18.4 Å². The Bertz CT molecular complexity index is 359. The number of rotatable bonds is 6. The SMILES string of the molecule is COCCNCc1csc(N2CC(C)C(C)C2)n1.